The van der Waals surface area contributed by atoms with E-state index in [1.165, 1.54) is 23.1 Å². The second kappa shape index (κ2) is 6.82. The number of hydrogen-bond acceptors (Lipinski definition) is 5. The van der Waals surface area contributed by atoms with E-state index >= 15 is 0 Å². The number of hydrogen-bond donors (Lipinski definition) is 0. The van der Waals surface area contributed by atoms with E-state index < -0.39 is 5.82 Å². The second-order valence-electron chi connectivity index (χ2n) is 6.15. The fourth-order valence-electron chi connectivity index (χ4n) is 3.01. The molecule has 1 unspecified atom stereocenters. The molecule has 0 spiro atoms. The molecule has 1 aliphatic heterocycles. The Balaban J connectivity index is 1.57. The van der Waals surface area contributed by atoms with Crippen LogP contribution in [0, 0.1) is 17.1 Å². The summed E-state index contributed by atoms with van der Waals surface area (Å²) in [6.45, 7) is 0.239. The number of nitriles is 1. The number of benzene rings is 2. The molecule has 1 amide bonds. The standard InChI is InChI=1S/C19H12ClFN4O2/c20-14-5-6-15(21)16(8-14)25-10-13(7-17(25)26)18-23-19(27-24-18)12-3-1-11(9-22)2-4-12/h1-6,8,13H,7,10H2. The molecule has 0 N–H and O–H groups in total. The molecule has 1 aliphatic rings. The van der Waals surface area contributed by atoms with Gasteiger partial charge in [-0.3, -0.25) is 4.79 Å². The molecule has 4 rings (SSSR count). The van der Waals surface area contributed by atoms with Crippen molar-refractivity contribution in [2.24, 2.45) is 0 Å². The molecule has 27 heavy (non-hydrogen) atoms. The van der Waals surface area contributed by atoms with Crippen LogP contribution in [-0.2, 0) is 4.79 Å². The third-order valence-electron chi connectivity index (χ3n) is 4.39. The van der Waals surface area contributed by atoms with E-state index in [9.17, 15) is 9.18 Å². The average molecular weight is 383 g/mol. The van der Waals surface area contributed by atoms with Crippen molar-refractivity contribution in [1.29, 1.82) is 5.26 Å². The zero-order valence-electron chi connectivity index (χ0n) is 13.9. The van der Waals surface area contributed by atoms with Gasteiger partial charge < -0.3 is 9.42 Å². The summed E-state index contributed by atoms with van der Waals surface area (Å²) in [5.41, 5.74) is 1.35. The van der Waals surface area contributed by atoms with Crippen LogP contribution < -0.4 is 4.90 Å². The SMILES string of the molecule is N#Cc1ccc(-c2nc(C3CC(=O)N(c4cc(Cl)ccc4F)C3)no2)cc1. The molecule has 1 atom stereocenters. The summed E-state index contributed by atoms with van der Waals surface area (Å²) in [5, 5.41) is 13.2. The Labute approximate surface area is 158 Å². The first kappa shape index (κ1) is 17.2. The molecule has 6 nitrogen and oxygen atoms in total. The number of carbonyl (C=O) groups is 1. The highest BCUT2D eigenvalue weighted by atomic mass is 35.5. The first-order valence-electron chi connectivity index (χ1n) is 8.14. The largest absolute Gasteiger partial charge is 0.334 e. The lowest BCUT2D eigenvalue weighted by Gasteiger charge is -2.17. The minimum Gasteiger partial charge on any atom is -0.334 e. The molecule has 0 saturated carbocycles. The molecule has 1 aromatic heterocycles. The van der Waals surface area contributed by atoms with Crippen molar-refractivity contribution < 1.29 is 13.7 Å². The predicted octanol–water partition coefficient (Wildman–Crippen LogP) is 3.92. The Morgan fingerprint density at radius 1 is 1.26 bits per heavy atom. The Morgan fingerprint density at radius 2 is 2.04 bits per heavy atom. The quantitative estimate of drug-likeness (QED) is 0.685. The third-order valence-corrected chi connectivity index (χ3v) is 4.63. The molecule has 0 aliphatic carbocycles. The summed E-state index contributed by atoms with van der Waals surface area (Å²) in [7, 11) is 0. The van der Waals surface area contributed by atoms with Crippen LogP contribution in [0.25, 0.3) is 11.5 Å². The first-order chi connectivity index (χ1) is 13.0. The van der Waals surface area contributed by atoms with Crippen molar-refractivity contribution in [3.8, 4) is 17.5 Å². The van der Waals surface area contributed by atoms with Crippen LogP contribution in [0.2, 0.25) is 5.02 Å². The van der Waals surface area contributed by atoms with E-state index in [0.717, 1.165) is 0 Å². The van der Waals surface area contributed by atoms with Crippen LogP contribution >= 0.6 is 11.6 Å². The van der Waals surface area contributed by atoms with Gasteiger partial charge in [0, 0.05) is 29.5 Å². The Kier molecular flexibility index (Phi) is 4.34. The normalized spacial score (nSPS) is 16.6. The van der Waals surface area contributed by atoms with E-state index in [4.69, 9.17) is 21.4 Å². The van der Waals surface area contributed by atoms with E-state index in [1.807, 2.05) is 6.07 Å². The lowest BCUT2D eigenvalue weighted by molar-refractivity contribution is -0.117. The van der Waals surface area contributed by atoms with E-state index in [2.05, 4.69) is 10.1 Å². The van der Waals surface area contributed by atoms with Gasteiger partial charge in [-0.05, 0) is 42.5 Å². The van der Waals surface area contributed by atoms with Crippen molar-refractivity contribution in [2.75, 3.05) is 11.4 Å². The molecule has 3 aromatic rings. The monoisotopic (exact) mass is 382 g/mol. The fraction of sp³-hybridized carbons (Fsp3) is 0.158. The maximum atomic E-state index is 14.1. The van der Waals surface area contributed by atoms with Crippen LogP contribution in [0.15, 0.2) is 47.0 Å². The third kappa shape index (κ3) is 3.27. The summed E-state index contributed by atoms with van der Waals surface area (Å²) in [6.07, 6.45) is 0.151. The maximum Gasteiger partial charge on any atom is 0.257 e. The molecule has 0 bridgehead atoms. The van der Waals surface area contributed by atoms with Gasteiger partial charge in [0.1, 0.15) is 5.82 Å². The van der Waals surface area contributed by atoms with E-state index in [0.29, 0.717) is 27.9 Å². The molecular formula is C19H12ClFN4O2. The van der Waals surface area contributed by atoms with E-state index in [1.54, 1.807) is 24.3 Å². The number of nitrogens with zero attached hydrogens (tertiary/aromatic N) is 4. The van der Waals surface area contributed by atoms with Gasteiger partial charge in [0.2, 0.25) is 5.91 Å². The average Bonchev–Trinajstić information content (AvgIpc) is 3.31. The summed E-state index contributed by atoms with van der Waals surface area (Å²) < 4.78 is 19.4. The van der Waals surface area contributed by atoms with Gasteiger partial charge in [0.05, 0.1) is 17.3 Å². The minimum absolute atomic E-state index is 0.144. The molecule has 2 heterocycles. The molecule has 1 saturated heterocycles. The minimum atomic E-state index is -0.514. The number of aromatic nitrogens is 2. The van der Waals surface area contributed by atoms with Gasteiger partial charge in [-0.25, -0.2) is 4.39 Å². The zero-order chi connectivity index (χ0) is 19.0. The van der Waals surface area contributed by atoms with Crippen LogP contribution in [0.5, 0.6) is 0 Å². The van der Waals surface area contributed by atoms with Crippen molar-refractivity contribution in [3.63, 3.8) is 0 Å². The topological polar surface area (TPSA) is 83.0 Å². The summed E-state index contributed by atoms with van der Waals surface area (Å²) in [5.74, 6) is -0.376. The van der Waals surface area contributed by atoms with Crippen molar-refractivity contribution >= 4 is 23.2 Å². The highest BCUT2D eigenvalue weighted by molar-refractivity contribution is 6.31. The Hall–Kier alpha value is -3.24. The van der Waals surface area contributed by atoms with Crippen LogP contribution in [0.1, 0.15) is 23.7 Å². The highest BCUT2D eigenvalue weighted by Crippen LogP contribution is 2.34. The molecule has 2 aromatic carbocycles. The van der Waals surface area contributed by atoms with Crippen molar-refractivity contribution in [2.45, 2.75) is 12.3 Å². The molecule has 134 valence electrons. The number of amides is 1. The van der Waals surface area contributed by atoms with Gasteiger partial charge in [0.25, 0.3) is 5.89 Å². The number of halogens is 2. The molecule has 0 radical (unpaired) electrons. The lowest BCUT2D eigenvalue weighted by atomic mass is 10.1. The molecule has 8 heteroatoms. The van der Waals surface area contributed by atoms with Gasteiger partial charge in [-0.1, -0.05) is 16.8 Å². The smallest absolute Gasteiger partial charge is 0.257 e. The summed E-state index contributed by atoms with van der Waals surface area (Å²) >= 11 is 5.92. The number of anilines is 1. The number of rotatable bonds is 3. The summed E-state index contributed by atoms with van der Waals surface area (Å²) in [6, 6.07) is 12.9. The van der Waals surface area contributed by atoms with Crippen LogP contribution in [0.3, 0.4) is 0 Å². The van der Waals surface area contributed by atoms with Gasteiger partial charge >= 0.3 is 0 Å². The van der Waals surface area contributed by atoms with Crippen molar-refractivity contribution in [3.05, 3.63) is 64.7 Å². The van der Waals surface area contributed by atoms with Gasteiger partial charge in [0.15, 0.2) is 5.82 Å². The van der Waals surface area contributed by atoms with Gasteiger partial charge in [-0.2, -0.15) is 10.2 Å². The van der Waals surface area contributed by atoms with Crippen molar-refractivity contribution in [1.82, 2.24) is 10.1 Å². The van der Waals surface area contributed by atoms with Crippen LogP contribution in [-0.4, -0.2) is 22.6 Å². The number of carbonyl (C=O) groups excluding carboxylic acids is 1. The zero-order valence-corrected chi connectivity index (χ0v) is 14.7. The van der Waals surface area contributed by atoms with E-state index in [-0.39, 0.29) is 30.5 Å². The summed E-state index contributed by atoms with van der Waals surface area (Å²) in [4.78, 5) is 18.1. The van der Waals surface area contributed by atoms with Crippen LogP contribution in [0.4, 0.5) is 10.1 Å². The highest BCUT2D eigenvalue weighted by Gasteiger charge is 2.35. The predicted molar refractivity (Wildman–Crippen MR) is 95.6 cm³/mol. The van der Waals surface area contributed by atoms with Gasteiger partial charge in [-0.15, -0.1) is 0 Å². The second-order valence-corrected chi connectivity index (χ2v) is 6.58. The maximum absolute atomic E-state index is 14.1. The lowest BCUT2D eigenvalue weighted by Crippen LogP contribution is -2.25. The Morgan fingerprint density at radius 3 is 2.78 bits per heavy atom. The molecular weight excluding hydrogens is 371 g/mol. The molecule has 1 fully saturated rings. The Bertz CT molecular complexity index is 1060. The fourth-order valence-corrected chi connectivity index (χ4v) is 3.18. The first-order valence-corrected chi connectivity index (χ1v) is 8.52.